The second kappa shape index (κ2) is 7.77. The summed E-state index contributed by atoms with van der Waals surface area (Å²) in [5.74, 6) is 0.221. The van der Waals surface area contributed by atoms with Gasteiger partial charge in [-0.2, -0.15) is 0 Å². The molecule has 3 nitrogen and oxygen atoms in total. The molecule has 1 aliphatic heterocycles. The molecule has 0 aromatic heterocycles. The molecule has 0 aliphatic carbocycles. The molecule has 0 radical (unpaired) electrons. The minimum absolute atomic E-state index is 0.0605. The SMILES string of the molecule is CC(CC1CCC(C)N1Cc1ccccc1)NC(=O)C(C)C. The molecule has 1 saturated heterocycles. The van der Waals surface area contributed by atoms with E-state index < -0.39 is 0 Å². The van der Waals surface area contributed by atoms with Gasteiger partial charge >= 0.3 is 0 Å². The maximum Gasteiger partial charge on any atom is 0.222 e. The summed E-state index contributed by atoms with van der Waals surface area (Å²) in [6.07, 6.45) is 3.52. The van der Waals surface area contributed by atoms with Crippen LogP contribution in [0.1, 0.15) is 52.5 Å². The van der Waals surface area contributed by atoms with Gasteiger partial charge < -0.3 is 5.32 Å². The van der Waals surface area contributed by atoms with Crippen LogP contribution in [0.15, 0.2) is 30.3 Å². The van der Waals surface area contributed by atoms with Gasteiger partial charge in [0, 0.05) is 30.6 Å². The number of nitrogens with one attached hydrogen (secondary N) is 1. The van der Waals surface area contributed by atoms with E-state index in [4.69, 9.17) is 0 Å². The van der Waals surface area contributed by atoms with E-state index >= 15 is 0 Å². The van der Waals surface area contributed by atoms with Gasteiger partial charge in [-0.15, -0.1) is 0 Å². The average Bonchev–Trinajstić information content (AvgIpc) is 2.81. The maximum atomic E-state index is 11.8. The molecule has 1 aromatic rings. The first kappa shape index (κ1) is 17.0. The Hall–Kier alpha value is -1.35. The quantitative estimate of drug-likeness (QED) is 0.871. The van der Waals surface area contributed by atoms with Crippen LogP contribution in [0.25, 0.3) is 0 Å². The zero-order valence-electron chi connectivity index (χ0n) is 14.4. The minimum atomic E-state index is 0.0605. The molecule has 1 aromatic carbocycles. The third kappa shape index (κ3) is 4.57. The molecule has 1 aliphatic rings. The summed E-state index contributed by atoms with van der Waals surface area (Å²) < 4.78 is 0. The molecule has 1 amide bonds. The lowest BCUT2D eigenvalue weighted by atomic mass is 10.0. The summed E-state index contributed by atoms with van der Waals surface area (Å²) in [5, 5.41) is 3.14. The summed E-state index contributed by atoms with van der Waals surface area (Å²) >= 11 is 0. The largest absolute Gasteiger partial charge is 0.353 e. The van der Waals surface area contributed by atoms with Crippen LogP contribution in [0.3, 0.4) is 0 Å². The number of amides is 1. The first-order chi connectivity index (χ1) is 10.5. The smallest absolute Gasteiger partial charge is 0.222 e. The number of benzene rings is 1. The van der Waals surface area contributed by atoms with Crippen molar-refractivity contribution in [1.82, 2.24) is 10.2 Å². The number of hydrogen-bond donors (Lipinski definition) is 1. The van der Waals surface area contributed by atoms with Crippen LogP contribution in [0.5, 0.6) is 0 Å². The zero-order chi connectivity index (χ0) is 16.1. The lowest BCUT2D eigenvalue weighted by Crippen LogP contribution is -2.41. The van der Waals surface area contributed by atoms with E-state index in [1.807, 2.05) is 13.8 Å². The van der Waals surface area contributed by atoms with E-state index in [0.717, 1.165) is 13.0 Å². The highest BCUT2D eigenvalue weighted by Gasteiger charge is 2.31. The number of carbonyl (C=O) groups excluding carboxylic acids is 1. The number of nitrogens with zero attached hydrogens (tertiary/aromatic N) is 1. The summed E-state index contributed by atoms with van der Waals surface area (Å²) in [6.45, 7) is 9.35. The number of hydrogen-bond acceptors (Lipinski definition) is 2. The third-order valence-corrected chi connectivity index (χ3v) is 4.70. The van der Waals surface area contributed by atoms with Gasteiger partial charge in [0.05, 0.1) is 0 Å². The zero-order valence-corrected chi connectivity index (χ0v) is 14.4. The molecular formula is C19H30N2O. The topological polar surface area (TPSA) is 32.3 Å². The highest BCUT2D eigenvalue weighted by molar-refractivity contribution is 5.78. The van der Waals surface area contributed by atoms with Crippen molar-refractivity contribution >= 4 is 5.91 Å². The van der Waals surface area contributed by atoms with Crippen LogP contribution in [-0.4, -0.2) is 28.9 Å². The Morgan fingerprint density at radius 3 is 2.55 bits per heavy atom. The highest BCUT2D eigenvalue weighted by Crippen LogP contribution is 2.28. The number of carbonyl (C=O) groups is 1. The van der Waals surface area contributed by atoms with Crippen molar-refractivity contribution in [2.75, 3.05) is 0 Å². The fraction of sp³-hybridized carbons (Fsp3) is 0.632. The van der Waals surface area contributed by atoms with E-state index in [1.54, 1.807) is 0 Å². The highest BCUT2D eigenvalue weighted by atomic mass is 16.1. The third-order valence-electron chi connectivity index (χ3n) is 4.70. The van der Waals surface area contributed by atoms with Crippen molar-refractivity contribution in [3.63, 3.8) is 0 Å². The molecule has 1 heterocycles. The van der Waals surface area contributed by atoms with Gasteiger partial charge in [-0.1, -0.05) is 44.2 Å². The molecule has 2 rings (SSSR count). The van der Waals surface area contributed by atoms with Gasteiger partial charge in [0.15, 0.2) is 0 Å². The van der Waals surface area contributed by atoms with Gasteiger partial charge in [0.1, 0.15) is 0 Å². The lowest BCUT2D eigenvalue weighted by Gasteiger charge is -2.30. The van der Waals surface area contributed by atoms with Gasteiger partial charge in [-0.05, 0) is 38.7 Å². The predicted molar refractivity (Wildman–Crippen MR) is 91.5 cm³/mol. The molecule has 22 heavy (non-hydrogen) atoms. The predicted octanol–water partition coefficient (Wildman–Crippen LogP) is 3.59. The Balaban J connectivity index is 1.93. The van der Waals surface area contributed by atoms with Gasteiger partial charge in [-0.3, -0.25) is 9.69 Å². The van der Waals surface area contributed by atoms with Crippen LogP contribution in [-0.2, 0) is 11.3 Å². The second-order valence-electron chi connectivity index (χ2n) is 7.04. The standard InChI is InChI=1S/C19H30N2O/c1-14(2)19(22)20-15(3)12-18-11-10-16(4)21(18)13-17-8-6-5-7-9-17/h5-9,14-16,18H,10-13H2,1-4H3,(H,20,22). The first-order valence-electron chi connectivity index (χ1n) is 8.57. The van der Waals surface area contributed by atoms with E-state index in [0.29, 0.717) is 12.1 Å². The van der Waals surface area contributed by atoms with Crippen molar-refractivity contribution in [1.29, 1.82) is 0 Å². The molecule has 1 fully saturated rings. The van der Waals surface area contributed by atoms with Crippen LogP contribution < -0.4 is 5.32 Å². The molecule has 0 bridgehead atoms. The Labute approximate surface area is 135 Å². The lowest BCUT2D eigenvalue weighted by molar-refractivity contribution is -0.124. The molecule has 122 valence electrons. The van der Waals surface area contributed by atoms with Crippen molar-refractivity contribution in [2.45, 2.75) is 71.6 Å². The Bertz CT molecular complexity index is 472. The molecule has 3 atom stereocenters. The fourth-order valence-electron chi connectivity index (χ4n) is 3.33. The summed E-state index contributed by atoms with van der Waals surface area (Å²) in [7, 11) is 0. The van der Waals surface area contributed by atoms with Crippen molar-refractivity contribution in [2.24, 2.45) is 5.92 Å². The van der Waals surface area contributed by atoms with E-state index in [9.17, 15) is 4.79 Å². The summed E-state index contributed by atoms with van der Waals surface area (Å²) in [4.78, 5) is 14.4. The minimum Gasteiger partial charge on any atom is -0.353 e. The van der Waals surface area contributed by atoms with E-state index in [-0.39, 0.29) is 17.9 Å². The van der Waals surface area contributed by atoms with Crippen molar-refractivity contribution in [3.8, 4) is 0 Å². The first-order valence-corrected chi connectivity index (χ1v) is 8.57. The van der Waals surface area contributed by atoms with Gasteiger partial charge in [-0.25, -0.2) is 0 Å². The van der Waals surface area contributed by atoms with E-state index in [2.05, 4.69) is 54.4 Å². The summed E-state index contributed by atoms with van der Waals surface area (Å²) in [6, 6.07) is 12.1. The van der Waals surface area contributed by atoms with E-state index in [1.165, 1.54) is 18.4 Å². The molecule has 3 heteroatoms. The maximum absolute atomic E-state index is 11.8. The monoisotopic (exact) mass is 302 g/mol. The van der Waals surface area contributed by atoms with Crippen LogP contribution in [0.4, 0.5) is 0 Å². The van der Waals surface area contributed by atoms with Crippen molar-refractivity contribution in [3.05, 3.63) is 35.9 Å². The van der Waals surface area contributed by atoms with Crippen LogP contribution >= 0.6 is 0 Å². The van der Waals surface area contributed by atoms with Gasteiger partial charge in [0.2, 0.25) is 5.91 Å². The molecule has 0 saturated carbocycles. The van der Waals surface area contributed by atoms with Crippen LogP contribution in [0, 0.1) is 5.92 Å². The van der Waals surface area contributed by atoms with Crippen molar-refractivity contribution < 1.29 is 4.79 Å². The Kier molecular flexibility index (Phi) is 6.01. The molecular weight excluding hydrogens is 272 g/mol. The average molecular weight is 302 g/mol. The van der Waals surface area contributed by atoms with Gasteiger partial charge in [0.25, 0.3) is 0 Å². The molecule has 1 N–H and O–H groups in total. The van der Waals surface area contributed by atoms with Crippen LogP contribution in [0.2, 0.25) is 0 Å². The Morgan fingerprint density at radius 1 is 1.23 bits per heavy atom. The fourth-order valence-corrected chi connectivity index (χ4v) is 3.33. The molecule has 3 unspecified atom stereocenters. The number of likely N-dealkylation sites (tertiary alicyclic amines) is 1. The summed E-state index contributed by atoms with van der Waals surface area (Å²) in [5.41, 5.74) is 1.38. The molecule has 0 spiro atoms. The Morgan fingerprint density at radius 2 is 1.91 bits per heavy atom. The normalized spacial score (nSPS) is 23.7. The number of rotatable bonds is 6. The second-order valence-corrected chi connectivity index (χ2v) is 7.04.